The lowest BCUT2D eigenvalue weighted by atomic mass is 10.2. The highest BCUT2D eigenvalue weighted by molar-refractivity contribution is 7.93. The van der Waals surface area contributed by atoms with Crippen molar-refractivity contribution in [1.29, 1.82) is 0 Å². The summed E-state index contributed by atoms with van der Waals surface area (Å²) >= 11 is 6.05. The Morgan fingerprint density at radius 2 is 1.83 bits per heavy atom. The molecule has 2 aromatic carbocycles. The number of pyridine rings is 1. The zero-order valence-corrected chi connectivity index (χ0v) is 14.2. The third-order valence-corrected chi connectivity index (χ3v) is 5.42. The Balaban J connectivity index is 2.12. The second kappa shape index (κ2) is 5.83. The summed E-state index contributed by atoms with van der Waals surface area (Å²) in [5.41, 5.74) is 2.57. The summed E-state index contributed by atoms with van der Waals surface area (Å²) in [6, 6.07) is 12.1. The van der Waals surface area contributed by atoms with Gasteiger partial charge in [0.1, 0.15) is 4.90 Å². The van der Waals surface area contributed by atoms with E-state index in [-0.39, 0.29) is 4.90 Å². The summed E-state index contributed by atoms with van der Waals surface area (Å²) in [5, 5.41) is 1.30. The van der Waals surface area contributed by atoms with Crippen molar-refractivity contribution in [3.63, 3.8) is 0 Å². The predicted molar refractivity (Wildman–Crippen MR) is 93.5 cm³/mol. The van der Waals surface area contributed by atoms with Gasteiger partial charge in [-0.15, -0.1) is 0 Å². The number of fused-ring (bicyclic) bond motifs is 1. The van der Waals surface area contributed by atoms with Crippen LogP contribution in [-0.4, -0.2) is 13.4 Å². The van der Waals surface area contributed by atoms with Gasteiger partial charge in [-0.05, 0) is 49.2 Å². The minimum atomic E-state index is -3.76. The Hall–Kier alpha value is -2.11. The van der Waals surface area contributed by atoms with Gasteiger partial charge in [0.25, 0.3) is 10.0 Å². The van der Waals surface area contributed by atoms with Gasteiger partial charge in [0.2, 0.25) is 0 Å². The van der Waals surface area contributed by atoms with Crippen LogP contribution < -0.4 is 4.72 Å². The van der Waals surface area contributed by atoms with Crippen molar-refractivity contribution in [3.05, 3.63) is 64.8 Å². The molecular weight excluding hydrogens is 332 g/mol. The van der Waals surface area contributed by atoms with E-state index in [1.54, 1.807) is 43.5 Å². The molecule has 0 saturated carbocycles. The zero-order valence-electron chi connectivity index (χ0n) is 12.7. The van der Waals surface area contributed by atoms with Crippen molar-refractivity contribution >= 4 is 38.2 Å². The van der Waals surface area contributed by atoms with E-state index in [1.807, 2.05) is 19.1 Å². The number of nitrogens with one attached hydrogen (secondary N) is 1. The Morgan fingerprint density at radius 1 is 1.09 bits per heavy atom. The van der Waals surface area contributed by atoms with Crippen LogP contribution >= 0.6 is 11.6 Å². The summed E-state index contributed by atoms with van der Waals surface area (Å²) in [6.07, 6.45) is 1.66. The van der Waals surface area contributed by atoms with Crippen molar-refractivity contribution in [3.8, 4) is 0 Å². The number of para-hydroxylation sites is 1. The van der Waals surface area contributed by atoms with Gasteiger partial charge in [0.15, 0.2) is 0 Å². The zero-order chi connectivity index (χ0) is 16.6. The Bertz CT molecular complexity index is 1000. The number of anilines is 1. The molecule has 1 N–H and O–H groups in total. The number of rotatable bonds is 3. The average Bonchev–Trinajstić information content (AvgIpc) is 2.51. The van der Waals surface area contributed by atoms with Crippen molar-refractivity contribution in [1.82, 2.24) is 4.98 Å². The molecule has 4 nitrogen and oxygen atoms in total. The van der Waals surface area contributed by atoms with Crippen LogP contribution in [0.2, 0.25) is 5.02 Å². The molecular formula is C17H15ClN2O2S. The third-order valence-electron chi connectivity index (χ3n) is 3.61. The minimum absolute atomic E-state index is 0.148. The van der Waals surface area contributed by atoms with E-state index in [9.17, 15) is 8.42 Å². The van der Waals surface area contributed by atoms with E-state index in [0.29, 0.717) is 21.8 Å². The van der Waals surface area contributed by atoms with Gasteiger partial charge in [-0.1, -0.05) is 29.8 Å². The molecule has 0 atom stereocenters. The summed E-state index contributed by atoms with van der Waals surface area (Å²) in [4.78, 5) is 4.43. The summed E-state index contributed by atoms with van der Waals surface area (Å²) in [5.74, 6) is 0. The first-order valence-electron chi connectivity index (χ1n) is 7.02. The van der Waals surface area contributed by atoms with Crippen LogP contribution in [0.3, 0.4) is 0 Å². The average molecular weight is 347 g/mol. The number of aryl methyl sites for hydroxylation is 1. The number of aromatic nitrogens is 1. The topological polar surface area (TPSA) is 59.1 Å². The van der Waals surface area contributed by atoms with Gasteiger partial charge in [0.05, 0.1) is 11.2 Å². The monoisotopic (exact) mass is 346 g/mol. The Morgan fingerprint density at radius 3 is 2.61 bits per heavy atom. The van der Waals surface area contributed by atoms with E-state index < -0.39 is 10.0 Å². The van der Waals surface area contributed by atoms with Crippen LogP contribution in [0.1, 0.15) is 11.1 Å². The van der Waals surface area contributed by atoms with Crippen molar-refractivity contribution in [2.24, 2.45) is 0 Å². The molecule has 0 spiro atoms. The predicted octanol–water partition coefficient (Wildman–Crippen LogP) is 4.31. The first kappa shape index (κ1) is 15.8. The second-order valence-corrected chi connectivity index (χ2v) is 7.42. The quantitative estimate of drug-likeness (QED) is 0.769. The maximum absolute atomic E-state index is 12.8. The number of benzene rings is 2. The minimum Gasteiger partial charge on any atom is -0.279 e. The number of nitrogens with zero attached hydrogens (tertiary/aromatic N) is 1. The highest BCUT2D eigenvalue weighted by atomic mass is 35.5. The lowest BCUT2D eigenvalue weighted by Gasteiger charge is -2.12. The molecule has 0 aliphatic carbocycles. The Kier molecular flexibility index (Phi) is 4.00. The number of hydrogen-bond acceptors (Lipinski definition) is 3. The molecule has 0 fully saturated rings. The van der Waals surface area contributed by atoms with Crippen molar-refractivity contribution < 1.29 is 8.42 Å². The molecule has 0 unspecified atom stereocenters. The summed E-state index contributed by atoms with van der Waals surface area (Å²) < 4.78 is 28.1. The fraction of sp³-hybridized carbons (Fsp3) is 0.118. The van der Waals surface area contributed by atoms with Crippen LogP contribution in [0.5, 0.6) is 0 Å². The van der Waals surface area contributed by atoms with Crippen LogP contribution in [0, 0.1) is 13.8 Å². The summed E-state index contributed by atoms with van der Waals surface area (Å²) in [6.45, 7) is 3.69. The number of hydrogen-bond donors (Lipinski definition) is 1. The molecule has 0 radical (unpaired) electrons. The lowest BCUT2D eigenvalue weighted by Crippen LogP contribution is -2.14. The standard InChI is InChI=1S/C17H15ClN2O2S/c1-11-9-13-5-3-8-16(17(13)19-10-11)23(21,22)20-15-7-4-6-14(18)12(15)2/h3-10,20H,1-2H3. The van der Waals surface area contributed by atoms with Crippen LogP contribution in [0.4, 0.5) is 5.69 Å². The van der Waals surface area contributed by atoms with E-state index in [4.69, 9.17) is 11.6 Å². The van der Waals surface area contributed by atoms with Gasteiger partial charge in [-0.2, -0.15) is 0 Å². The normalized spacial score (nSPS) is 11.6. The molecule has 23 heavy (non-hydrogen) atoms. The molecule has 0 bridgehead atoms. The first-order chi connectivity index (χ1) is 10.9. The van der Waals surface area contributed by atoms with Gasteiger partial charge < -0.3 is 0 Å². The summed E-state index contributed by atoms with van der Waals surface area (Å²) in [7, 11) is -3.76. The highest BCUT2D eigenvalue weighted by Gasteiger charge is 2.19. The molecule has 0 aliphatic heterocycles. The molecule has 6 heteroatoms. The molecule has 1 heterocycles. The fourth-order valence-corrected chi connectivity index (χ4v) is 3.86. The molecule has 3 rings (SSSR count). The molecule has 0 aliphatic rings. The van der Waals surface area contributed by atoms with Crippen LogP contribution in [0.25, 0.3) is 10.9 Å². The molecule has 3 aromatic rings. The fourth-order valence-electron chi connectivity index (χ4n) is 2.38. The van der Waals surface area contributed by atoms with Gasteiger partial charge in [-0.3, -0.25) is 9.71 Å². The largest absolute Gasteiger partial charge is 0.279 e. The Labute approximate surface area is 140 Å². The second-order valence-electron chi connectivity index (χ2n) is 5.36. The third kappa shape index (κ3) is 3.02. The highest BCUT2D eigenvalue weighted by Crippen LogP contribution is 2.27. The molecule has 0 amide bonds. The maximum Gasteiger partial charge on any atom is 0.264 e. The molecule has 118 valence electrons. The van der Waals surface area contributed by atoms with E-state index in [0.717, 1.165) is 10.9 Å². The molecule has 0 saturated heterocycles. The van der Waals surface area contributed by atoms with E-state index >= 15 is 0 Å². The number of sulfonamides is 1. The number of halogens is 1. The smallest absolute Gasteiger partial charge is 0.264 e. The van der Waals surface area contributed by atoms with E-state index in [2.05, 4.69) is 9.71 Å². The first-order valence-corrected chi connectivity index (χ1v) is 8.88. The lowest BCUT2D eigenvalue weighted by molar-refractivity contribution is 0.602. The van der Waals surface area contributed by atoms with Crippen LogP contribution in [0.15, 0.2) is 53.6 Å². The van der Waals surface area contributed by atoms with Gasteiger partial charge in [0, 0.05) is 16.6 Å². The van der Waals surface area contributed by atoms with Gasteiger partial charge in [-0.25, -0.2) is 8.42 Å². The van der Waals surface area contributed by atoms with Gasteiger partial charge >= 0.3 is 0 Å². The molecule has 1 aromatic heterocycles. The maximum atomic E-state index is 12.8. The SMILES string of the molecule is Cc1cnc2c(S(=O)(=O)Nc3cccc(Cl)c3C)cccc2c1. The van der Waals surface area contributed by atoms with E-state index in [1.165, 1.54) is 0 Å². The van der Waals surface area contributed by atoms with Crippen molar-refractivity contribution in [2.75, 3.05) is 4.72 Å². The van der Waals surface area contributed by atoms with Crippen LogP contribution in [-0.2, 0) is 10.0 Å². The van der Waals surface area contributed by atoms with Crippen molar-refractivity contribution in [2.45, 2.75) is 18.7 Å².